The highest BCUT2D eigenvalue weighted by Gasteiger charge is 2.33. The molecule has 2 rings (SSSR count). The van der Waals surface area contributed by atoms with Crippen molar-refractivity contribution in [3.8, 4) is 0 Å². The van der Waals surface area contributed by atoms with Crippen LogP contribution in [0.15, 0.2) is 24.3 Å². The number of amides is 2. The van der Waals surface area contributed by atoms with Crippen molar-refractivity contribution in [1.82, 2.24) is 4.90 Å². The molecule has 0 aromatic heterocycles. The van der Waals surface area contributed by atoms with Gasteiger partial charge in [-0.25, -0.2) is 0 Å². The summed E-state index contributed by atoms with van der Waals surface area (Å²) in [5.74, 6) is -0.390. The molecule has 26 heavy (non-hydrogen) atoms. The Morgan fingerprint density at radius 2 is 1.81 bits per heavy atom. The van der Waals surface area contributed by atoms with Crippen molar-refractivity contribution in [1.29, 1.82) is 0 Å². The van der Waals surface area contributed by atoms with Gasteiger partial charge in [-0.3, -0.25) is 9.59 Å². The van der Waals surface area contributed by atoms with Crippen molar-refractivity contribution in [3.05, 3.63) is 29.8 Å². The largest absolute Gasteiger partial charge is 0.418 e. The van der Waals surface area contributed by atoms with E-state index in [1.165, 1.54) is 29.5 Å². The first kappa shape index (κ1) is 20.3. The number of rotatable bonds is 6. The zero-order valence-electron chi connectivity index (χ0n) is 14.9. The third kappa shape index (κ3) is 5.75. The number of alkyl halides is 3. The van der Waals surface area contributed by atoms with Crippen molar-refractivity contribution >= 4 is 17.5 Å². The van der Waals surface area contributed by atoms with Crippen molar-refractivity contribution in [3.63, 3.8) is 0 Å². The van der Waals surface area contributed by atoms with Gasteiger partial charge in [-0.2, -0.15) is 13.2 Å². The Hall–Kier alpha value is -2.05. The van der Waals surface area contributed by atoms with E-state index in [2.05, 4.69) is 5.32 Å². The maximum atomic E-state index is 13.0. The molecule has 1 aliphatic carbocycles. The molecule has 1 fully saturated rings. The van der Waals surface area contributed by atoms with E-state index in [1.54, 1.807) is 6.92 Å². The Morgan fingerprint density at radius 1 is 1.15 bits per heavy atom. The number of hydrogen-bond donors (Lipinski definition) is 1. The maximum Gasteiger partial charge on any atom is 0.418 e. The van der Waals surface area contributed by atoms with Crippen molar-refractivity contribution < 1.29 is 22.8 Å². The zero-order chi connectivity index (χ0) is 19.2. The zero-order valence-corrected chi connectivity index (χ0v) is 14.9. The van der Waals surface area contributed by atoms with Crippen LogP contribution in [0.3, 0.4) is 0 Å². The Kier molecular flexibility index (Phi) is 7.06. The minimum Gasteiger partial charge on any atom is -0.334 e. The number of nitrogens with zero attached hydrogens (tertiary/aromatic N) is 1. The number of nitrogens with one attached hydrogen (secondary N) is 1. The van der Waals surface area contributed by atoms with Crippen molar-refractivity contribution in [2.45, 2.75) is 51.6 Å². The smallest absolute Gasteiger partial charge is 0.334 e. The minimum atomic E-state index is -4.55. The van der Waals surface area contributed by atoms with Crippen molar-refractivity contribution in [2.75, 3.05) is 18.4 Å². The highest BCUT2D eigenvalue weighted by molar-refractivity contribution is 5.95. The molecule has 1 saturated carbocycles. The second-order valence-corrected chi connectivity index (χ2v) is 6.71. The Bertz CT molecular complexity index is 625. The van der Waals surface area contributed by atoms with Gasteiger partial charge in [0.15, 0.2) is 0 Å². The quantitative estimate of drug-likeness (QED) is 0.804. The van der Waals surface area contributed by atoms with Gasteiger partial charge < -0.3 is 10.2 Å². The molecule has 0 aliphatic heterocycles. The van der Waals surface area contributed by atoms with Crippen LogP contribution in [0.4, 0.5) is 18.9 Å². The molecule has 7 heteroatoms. The molecular weight excluding hydrogens is 345 g/mol. The molecule has 1 aliphatic rings. The van der Waals surface area contributed by atoms with Gasteiger partial charge in [0.2, 0.25) is 11.8 Å². The van der Waals surface area contributed by atoms with Gasteiger partial charge in [-0.15, -0.1) is 0 Å². The third-order valence-electron chi connectivity index (χ3n) is 4.76. The van der Waals surface area contributed by atoms with Crippen LogP contribution in [0, 0.1) is 5.92 Å². The monoisotopic (exact) mass is 370 g/mol. The predicted octanol–water partition coefficient (Wildman–Crippen LogP) is 4.46. The number of likely N-dealkylation sites (N-methyl/N-ethyl adjacent to an activating group) is 1. The van der Waals surface area contributed by atoms with Crippen molar-refractivity contribution in [2.24, 2.45) is 5.92 Å². The minimum absolute atomic E-state index is 0.112. The van der Waals surface area contributed by atoms with Crippen LogP contribution in [0.2, 0.25) is 0 Å². The molecule has 1 aromatic rings. The summed E-state index contributed by atoms with van der Waals surface area (Å²) in [5.41, 5.74) is -1.19. The van der Waals surface area contributed by atoms with Crippen LogP contribution in [0.25, 0.3) is 0 Å². The second kappa shape index (κ2) is 9.05. The number of hydrogen-bond acceptors (Lipinski definition) is 2. The van der Waals surface area contributed by atoms with E-state index in [9.17, 15) is 22.8 Å². The summed E-state index contributed by atoms with van der Waals surface area (Å²) in [6, 6.07) is 4.82. The molecular formula is C19H25F3N2O2. The van der Waals surface area contributed by atoms with E-state index in [4.69, 9.17) is 0 Å². The van der Waals surface area contributed by atoms with E-state index >= 15 is 0 Å². The van der Waals surface area contributed by atoms with Crippen LogP contribution in [-0.4, -0.2) is 29.8 Å². The molecule has 1 N–H and O–H groups in total. The summed E-state index contributed by atoms with van der Waals surface area (Å²) in [6.07, 6.45) is 1.34. The normalized spacial score (nSPS) is 15.5. The predicted molar refractivity (Wildman–Crippen MR) is 93.5 cm³/mol. The molecule has 0 radical (unpaired) electrons. The summed E-state index contributed by atoms with van der Waals surface area (Å²) < 4.78 is 39.0. The topological polar surface area (TPSA) is 49.4 Å². The van der Waals surface area contributed by atoms with E-state index in [0.717, 1.165) is 31.7 Å². The summed E-state index contributed by atoms with van der Waals surface area (Å²) in [5, 5.41) is 2.29. The number of benzene rings is 1. The van der Waals surface area contributed by atoms with Gasteiger partial charge in [0.1, 0.15) is 0 Å². The maximum absolute atomic E-state index is 13.0. The van der Waals surface area contributed by atoms with Gasteiger partial charge in [0, 0.05) is 13.0 Å². The van der Waals surface area contributed by atoms with Crippen LogP contribution in [0.5, 0.6) is 0 Å². The fraction of sp³-hybridized carbons (Fsp3) is 0.579. The molecule has 2 amide bonds. The van der Waals surface area contributed by atoms with E-state index < -0.39 is 17.6 Å². The fourth-order valence-electron chi connectivity index (χ4n) is 3.35. The van der Waals surface area contributed by atoms with Crippen LogP contribution in [-0.2, 0) is 15.8 Å². The van der Waals surface area contributed by atoms with Crippen LogP contribution in [0.1, 0.15) is 51.0 Å². The standard InChI is InChI=1S/C19H25F3N2O2/c1-2-24(18(26)12-14-8-4-3-5-9-14)13-17(25)23-16-11-7-6-10-15(16)19(20,21)22/h6-7,10-11,14H,2-5,8-9,12-13H2,1H3,(H,23,25). The summed E-state index contributed by atoms with van der Waals surface area (Å²) >= 11 is 0. The summed E-state index contributed by atoms with van der Waals surface area (Å²) in [4.78, 5) is 26.0. The van der Waals surface area contributed by atoms with Crippen LogP contribution < -0.4 is 5.32 Å². The lowest BCUT2D eigenvalue weighted by atomic mass is 9.86. The van der Waals surface area contributed by atoms with E-state index in [0.29, 0.717) is 18.9 Å². The lowest BCUT2D eigenvalue weighted by molar-refractivity contribution is -0.137. The summed E-state index contributed by atoms with van der Waals surface area (Å²) in [7, 11) is 0. The molecule has 4 nitrogen and oxygen atoms in total. The average Bonchev–Trinajstić information content (AvgIpc) is 2.60. The molecule has 0 unspecified atom stereocenters. The van der Waals surface area contributed by atoms with Gasteiger partial charge in [-0.1, -0.05) is 31.4 Å². The first-order valence-electron chi connectivity index (χ1n) is 9.05. The number of carbonyl (C=O) groups excluding carboxylic acids is 2. The number of para-hydroxylation sites is 1. The Morgan fingerprint density at radius 3 is 2.42 bits per heavy atom. The Labute approximate surface area is 151 Å². The molecule has 0 spiro atoms. The van der Waals surface area contributed by atoms with Gasteiger partial charge >= 0.3 is 6.18 Å². The van der Waals surface area contributed by atoms with Gasteiger partial charge in [-0.05, 0) is 37.8 Å². The molecule has 1 aromatic carbocycles. The van der Waals surface area contributed by atoms with E-state index in [-0.39, 0.29) is 18.1 Å². The molecule has 0 atom stereocenters. The average molecular weight is 370 g/mol. The Balaban J connectivity index is 1.96. The van der Waals surface area contributed by atoms with Gasteiger partial charge in [0.25, 0.3) is 0 Å². The lowest BCUT2D eigenvalue weighted by Gasteiger charge is -2.26. The van der Waals surface area contributed by atoms with E-state index in [1.807, 2.05) is 0 Å². The number of halogens is 3. The second-order valence-electron chi connectivity index (χ2n) is 6.71. The molecule has 0 heterocycles. The van der Waals surface area contributed by atoms with Crippen LogP contribution >= 0.6 is 0 Å². The van der Waals surface area contributed by atoms with Gasteiger partial charge in [0.05, 0.1) is 17.8 Å². The first-order valence-corrected chi connectivity index (χ1v) is 9.05. The molecule has 144 valence electrons. The fourth-order valence-corrected chi connectivity index (χ4v) is 3.35. The highest BCUT2D eigenvalue weighted by atomic mass is 19.4. The number of carbonyl (C=O) groups is 2. The molecule has 0 bridgehead atoms. The summed E-state index contributed by atoms with van der Waals surface area (Å²) in [6.45, 7) is 1.86. The first-order chi connectivity index (χ1) is 12.3. The molecule has 0 saturated heterocycles. The lowest BCUT2D eigenvalue weighted by Crippen LogP contribution is -2.39. The third-order valence-corrected chi connectivity index (χ3v) is 4.76. The highest BCUT2D eigenvalue weighted by Crippen LogP contribution is 2.34. The number of anilines is 1. The SMILES string of the molecule is CCN(CC(=O)Nc1ccccc1C(F)(F)F)C(=O)CC1CCCCC1.